The fourth-order valence-corrected chi connectivity index (χ4v) is 5.67. The van der Waals surface area contributed by atoms with Crippen molar-refractivity contribution in [1.82, 2.24) is 14.9 Å². The quantitative estimate of drug-likeness (QED) is 0.723. The molecule has 4 rings (SSSR count). The number of sulfonamides is 1. The minimum absolute atomic E-state index is 0.240. The Balaban J connectivity index is 1.53. The number of fused-ring (bicyclic) bond motifs is 1. The summed E-state index contributed by atoms with van der Waals surface area (Å²) >= 11 is 5.95. The number of hydrogen-bond acceptors (Lipinski definition) is 4. The first-order valence-corrected chi connectivity index (χ1v) is 11.1. The van der Waals surface area contributed by atoms with Gasteiger partial charge in [-0.3, -0.25) is 10.1 Å². The van der Waals surface area contributed by atoms with E-state index in [-0.39, 0.29) is 6.54 Å². The van der Waals surface area contributed by atoms with Crippen molar-refractivity contribution in [1.29, 1.82) is 0 Å². The lowest BCUT2D eigenvalue weighted by molar-refractivity contribution is -0.122. The third-order valence-electron chi connectivity index (χ3n) is 5.34. The van der Waals surface area contributed by atoms with Crippen molar-refractivity contribution in [2.75, 3.05) is 12.3 Å². The van der Waals surface area contributed by atoms with E-state index in [2.05, 4.69) is 16.7 Å². The first kappa shape index (κ1) is 19.9. The van der Waals surface area contributed by atoms with Gasteiger partial charge in [0.15, 0.2) is 0 Å². The number of nitrogens with one attached hydrogen (secondary N) is 2. The molecule has 2 aromatic carbocycles. The molecule has 2 aromatic rings. The lowest BCUT2D eigenvalue weighted by atomic mass is 9.95. The molecular formula is C20H20ClN3O4S. The van der Waals surface area contributed by atoms with E-state index in [0.29, 0.717) is 18.0 Å². The zero-order valence-corrected chi connectivity index (χ0v) is 17.3. The Morgan fingerprint density at radius 3 is 2.41 bits per heavy atom. The molecule has 0 unspecified atom stereocenters. The number of rotatable bonds is 4. The fourth-order valence-electron chi connectivity index (χ4n) is 3.72. The van der Waals surface area contributed by atoms with Crippen LogP contribution in [0.5, 0.6) is 0 Å². The van der Waals surface area contributed by atoms with Crippen LogP contribution in [0.1, 0.15) is 18.1 Å². The van der Waals surface area contributed by atoms with Crippen LogP contribution < -0.4 is 10.6 Å². The second kappa shape index (κ2) is 7.12. The standard InChI is InChI=1S/C20H20ClN3O4S/c1-20(18(25)22-19(26)23-20)12-29(27,28)24-9-8-15-10-14(2-3-16(15)11-24)13-4-6-17(21)7-5-13/h2-7,10H,8-9,11-12H2,1H3,(H2,22,23,25,26)/t20-/m1/s1. The van der Waals surface area contributed by atoms with Crippen molar-refractivity contribution in [2.24, 2.45) is 0 Å². The minimum Gasteiger partial charge on any atom is -0.322 e. The minimum atomic E-state index is -3.75. The van der Waals surface area contributed by atoms with Crippen LogP contribution >= 0.6 is 11.6 Å². The topological polar surface area (TPSA) is 95.6 Å². The molecule has 0 spiro atoms. The maximum absolute atomic E-state index is 12.9. The number of halogens is 1. The molecule has 2 N–H and O–H groups in total. The van der Waals surface area contributed by atoms with Crippen molar-refractivity contribution >= 4 is 33.6 Å². The van der Waals surface area contributed by atoms with E-state index >= 15 is 0 Å². The van der Waals surface area contributed by atoms with Gasteiger partial charge in [0.2, 0.25) is 10.0 Å². The van der Waals surface area contributed by atoms with Gasteiger partial charge in [-0.2, -0.15) is 4.31 Å². The normalized spacial score (nSPS) is 22.1. The average Bonchev–Trinajstić information content (AvgIpc) is 2.92. The molecule has 0 aromatic heterocycles. The van der Waals surface area contributed by atoms with E-state index in [1.807, 2.05) is 36.4 Å². The van der Waals surface area contributed by atoms with Crippen LogP contribution in [0, 0.1) is 0 Å². The van der Waals surface area contributed by atoms with Crippen molar-refractivity contribution < 1.29 is 18.0 Å². The van der Waals surface area contributed by atoms with Crippen LogP contribution in [0.2, 0.25) is 5.02 Å². The zero-order valence-electron chi connectivity index (χ0n) is 15.7. The molecule has 2 aliphatic heterocycles. The Kier molecular flexibility index (Phi) is 4.88. The third kappa shape index (κ3) is 3.88. The van der Waals surface area contributed by atoms with Crippen LogP contribution in [0.15, 0.2) is 42.5 Å². The Bertz CT molecular complexity index is 1100. The van der Waals surface area contributed by atoms with Gasteiger partial charge in [-0.25, -0.2) is 13.2 Å². The van der Waals surface area contributed by atoms with Crippen molar-refractivity contribution in [3.05, 3.63) is 58.6 Å². The summed E-state index contributed by atoms with van der Waals surface area (Å²) in [5.74, 6) is -1.11. The molecule has 1 atom stereocenters. The third-order valence-corrected chi connectivity index (χ3v) is 7.64. The van der Waals surface area contributed by atoms with E-state index in [1.165, 1.54) is 11.2 Å². The predicted octanol–water partition coefficient (Wildman–Crippen LogP) is 2.29. The fraction of sp³-hybridized carbons (Fsp3) is 0.300. The van der Waals surface area contributed by atoms with E-state index < -0.39 is 33.3 Å². The van der Waals surface area contributed by atoms with Crippen molar-refractivity contribution in [3.63, 3.8) is 0 Å². The summed E-state index contributed by atoms with van der Waals surface area (Å²) in [6.45, 7) is 1.98. The molecule has 0 bridgehead atoms. The van der Waals surface area contributed by atoms with Gasteiger partial charge in [0.05, 0.1) is 5.75 Å². The lowest BCUT2D eigenvalue weighted by Crippen LogP contribution is -2.53. The number of carbonyl (C=O) groups is 2. The number of hydrogen-bond donors (Lipinski definition) is 2. The first-order chi connectivity index (χ1) is 13.7. The second-order valence-corrected chi connectivity index (χ2v) is 9.98. The molecule has 2 aliphatic rings. The number of nitrogens with zero attached hydrogens (tertiary/aromatic N) is 1. The Labute approximate surface area is 174 Å². The van der Waals surface area contributed by atoms with Crippen LogP contribution in [-0.2, 0) is 27.8 Å². The van der Waals surface area contributed by atoms with Gasteiger partial charge in [-0.15, -0.1) is 0 Å². The summed E-state index contributed by atoms with van der Waals surface area (Å²) in [4.78, 5) is 23.4. The van der Waals surface area contributed by atoms with Crippen molar-refractivity contribution in [3.8, 4) is 11.1 Å². The summed E-state index contributed by atoms with van der Waals surface area (Å²) in [6, 6.07) is 12.9. The smallest absolute Gasteiger partial charge is 0.322 e. The number of imide groups is 1. The molecule has 2 heterocycles. The SMILES string of the molecule is C[C@]1(CS(=O)(=O)N2CCc3cc(-c4ccc(Cl)cc4)ccc3C2)NC(=O)NC1=O. The number of carbonyl (C=O) groups excluding carboxylic acids is 2. The molecule has 1 saturated heterocycles. The molecule has 3 amide bonds. The number of amides is 3. The van der Waals surface area contributed by atoms with Crippen molar-refractivity contribution in [2.45, 2.75) is 25.4 Å². The van der Waals surface area contributed by atoms with Gasteiger partial charge >= 0.3 is 6.03 Å². The van der Waals surface area contributed by atoms with Crippen LogP contribution in [0.3, 0.4) is 0 Å². The number of benzene rings is 2. The van der Waals surface area contributed by atoms with Gasteiger partial charge in [-0.05, 0) is 47.7 Å². The van der Waals surface area contributed by atoms with E-state index in [0.717, 1.165) is 22.3 Å². The highest BCUT2D eigenvalue weighted by Crippen LogP contribution is 2.29. The Morgan fingerprint density at radius 1 is 1.07 bits per heavy atom. The molecule has 0 aliphatic carbocycles. The largest absolute Gasteiger partial charge is 0.322 e. The van der Waals surface area contributed by atoms with Crippen LogP contribution in [-0.4, -0.2) is 42.5 Å². The van der Waals surface area contributed by atoms with Gasteiger partial charge in [0.25, 0.3) is 5.91 Å². The van der Waals surface area contributed by atoms with Gasteiger partial charge < -0.3 is 5.32 Å². The maximum atomic E-state index is 12.9. The summed E-state index contributed by atoms with van der Waals surface area (Å²) in [6.07, 6.45) is 0.575. The average molecular weight is 434 g/mol. The highest BCUT2D eigenvalue weighted by molar-refractivity contribution is 7.89. The van der Waals surface area contributed by atoms with Gasteiger partial charge in [-0.1, -0.05) is 41.9 Å². The van der Waals surface area contributed by atoms with Crippen LogP contribution in [0.4, 0.5) is 4.79 Å². The summed E-state index contributed by atoms with van der Waals surface area (Å²) in [7, 11) is -3.75. The molecule has 0 radical (unpaired) electrons. The summed E-state index contributed by atoms with van der Waals surface area (Å²) in [5, 5.41) is 5.18. The molecular weight excluding hydrogens is 414 g/mol. The van der Waals surface area contributed by atoms with Crippen LogP contribution in [0.25, 0.3) is 11.1 Å². The maximum Gasteiger partial charge on any atom is 0.322 e. The zero-order chi connectivity index (χ0) is 20.8. The monoisotopic (exact) mass is 433 g/mol. The molecule has 0 saturated carbocycles. The molecule has 152 valence electrons. The predicted molar refractivity (Wildman–Crippen MR) is 110 cm³/mol. The summed E-state index contributed by atoms with van der Waals surface area (Å²) in [5.41, 5.74) is 2.66. The Morgan fingerprint density at radius 2 is 1.76 bits per heavy atom. The molecule has 7 nitrogen and oxygen atoms in total. The molecule has 9 heteroatoms. The molecule has 1 fully saturated rings. The highest BCUT2D eigenvalue weighted by Gasteiger charge is 2.46. The summed E-state index contributed by atoms with van der Waals surface area (Å²) < 4.78 is 27.2. The first-order valence-electron chi connectivity index (χ1n) is 9.15. The second-order valence-electron chi connectivity index (χ2n) is 7.57. The van der Waals surface area contributed by atoms with E-state index in [1.54, 1.807) is 0 Å². The lowest BCUT2D eigenvalue weighted by Gasteiger charge is -2.31. The molecule has 29 heavy (non-hydrogen) atoms. The van der Waals surface area contributed by atoms with E-state index in [9.17, 15) is 18.0 Å². The highest BCUT2D eigenvalue weighted by atomic mass is 35.5. The van der Waals surface area contributed by atoms with Gasteiger partial charge in [0, 0.05) is 18.1 Å². The van der Waals surface area contributed by atoms with Gasteiger partial charge in [0.1, 0.15) is 5.54 Å². The Hall–Kier alpha value is -2.42. The van der Waals surface area contributed by atoms with E-state index in [4.69, 9.17) is 11.6 Å². The number of urea groups is 1.